The van der Waals surface area contributed by atoms with Gasteiger partial charge in [-0.3, -0.25) is 4.98 Å². The minimum absolute atomic E-state index is 0.184. The number of para-hydroxylation sites is 1. The fourth-order valence-electron chi connectivity index (χ4n) is 9.19. The molecule has 5 atom stereocenters. The van der Waals surface area contributed by atoms with Crippen LogP contribution in [0.3, 0.4) is 0 Å². The summed E-state index contributed by atoms with van der Waals surface area (Å²) < 4.78 is 6.58. The first kappa shape index (κ1) is 30.3. The molecule has 1 aromatic heterocycles. The van der Waals surface area contributed by atoms with Crippen LogP contribution in [0.15, 0.2) is 145 Å². The Kier molecular flexibility index (Phi) is 7.16. The smallest absolute Gasteiger partial charge is 0.131 e. The standard InChI is InChI=1S/C48H40N2O/c1-29-26-43(41-19-10-18-40-37-15-7-8-20-45(37)51-48(40)41)30(2)25-42(29)32-23-21-31(22-24-32)33-11-9-12-34(27-33)44-28-49-46-38-16-5-3-13-35(38)36-14-4-6-17-39(36)47(46)50-44/h3-6,8-14,16-23,25-29,32,37,42,45H,7,15,24H2,1-2H3. The highest BCUT2D eigenvalue weighted by molar-refractivity contribution is 6.23. The molecule has 0 saturated heterocycles. The third kappa shape index (κ3) is 5.01. The van der Waals surface area contributed by atoms with Crippen LogP contribution in [0.1, 0.15) is 55.7 Å². The van der Waals surface area contributed by atoms with Crippen LogP contribution in [0.4, 0.5) is 0 Å². The zero-order valence-electron chi connectivity index (χ0n) is 29.1. The van der Waals surface area contributed by atoms with Crippen molar-refractivity contribution in [2.75, 3.05) is 0 Å². The summed E-state index contributed by atoms with van der Waals surface area (Å²) in [4.78, 5) is 10.2. The molecule has 4 aliphatic rings. The van der Waals surface area contributed by atoms with Crippen LogP contribution in [0.2, 0.25) is 0 Å². The van der Waals surface area contributed by atoms with Crippen LogP contribution < -0.4 is 4.74 Å². The predicted octanol–water partition coefficient (Wildman–Crippen LogP) is 12.1. The Hall–Kier alpha value is -5.54. The van der Waals surface area contributed by atoms with Gasteiger partial charge in [0, 0.05) is 33.4 Å². The third-order valence-corrected chi connectivity index (χ3v) is 11.8. The van der Waals surface area contributed by atoms with E-state index < -0.39 is 0 Å². The molecule has 3 aliphatic carbocycles. The van der Waals surface area contributed by atoms with E-state index in [1.54, 1.807) is 0 Å². The summed E-state index contributed by atoms with van der Waals surface area (Å²) in [5.41, 5.74) is 11.7. The molecule has 0 bridgehead atoms. The molecule has 5 aromatic carbocycles. The molecule has 0 N–H and O–H groups in total. The van der Waals surface area contributed by atoms with E-state index in [9.17, 15) is 0 Å². The molecular weight excluding hydrogens is 621 g/mol. The van der Waals surface area contributed by atoms with Gasteiger partial charge >= 0.3 is 0 Å². The minimum atomic E-state index is 0.184. The summed E-state index contributed by atoms with van der Waals surface area (Å²) in [6.45, 7) is 4.67. The van der Waals surface area contributed by atoms with E-state index in [0.717, 1.165) is 51.7 Å². The molecule has 3 heteroatoms. The van der Waals surface area contributed by atoms with Crippen molar-refractivity contribution in [2.24, 2.45) is 17.8 Å². The number of hydrogen-bond acceptors (Lipinski definition) is 3. The van der Waals surface area contributed by atoms with E-state index in [4.69, 9.17) is 14.7 Å². The van der Waals surface area contributed by atoms with Crippen molar-refractivity contribution in [3.05, 3.63) is 162 Å². The van der Waals surface area contributed by atoms with Gasteiger partial charge < -0.3 is 4.74 Å². The second-order valence-electron chi connectivity index (χ2n) is 14.8. The Bertz CT molecular complexity index is 2510. The second kappa shape index (κ2) is 12.1. The largest absolute Gasteiger partial charge is 0.485 e. The molecule has 248 valence electrons. The average Bonchev–Trinajstić information content (AvgIpc) is 3.58. The highest BCUT2D eigenvalue weighted by atomic mass is 16.5. The summed E-state index contributed by atoms with van der Waals surface area (Å²) in [6, 6.07) is 32.6. The maximum atomic E-state index is 6.58. The van der Waals surface area contributed by atoms with E-state index >= 15 is 0 Å². The highest BCUT2D eigenvalue weighted by Gasteiger charge is 2.36. The van der Waals surface area contributed by atoms with Gasteiger partial charge in [0.25, 0.3) is 0 Å². The van der Waals surface area contributed by atoms with Crippen LogP contribution in [-0.2, 0) is 0 Å². The zero-order valence-corrected chi connectivity index (χ0v) is 29.1. The molecule has 51 heavy (non-hydrogen) atoms. The van der Waals surface area contributed by atoms with Crippen molar-refractivity contribution in [3.63, 3.8) is 0 Å². The van der Waals surface area contributed by atoms with Gasteiger partial charge in [0.05, 0.1) is 22.9 Å². The Morgan fingerprint density at radius 2 is 1.53 bits per heavy atom. The molecule has 1 aliphatic heterocycles. The third-order valence-electron chi connectivity index (χ3n) is 11.8. The number of benzene rings is 5. The molecule has 5 unspecified atom stereocenters. The topological polar surface area (TPSA) is 35.0 Å². The van der Waals surface area contributed by atoms with Crippen LogP contribution in [-0.4, -0.2) is 16.1 Å². The van der Waals surface area contributed by atoms with Crippen molar-refractivity contribution >= 4 is 43.7 Å². The van der Waals surface area contributed by atoms with Crippen molar-refractivity contribution in [1.82, 2.24) is 9.97 Å². The SMILES string of the molecule is CC1=CC(C2C=CC(c3cccc(-c4cnc5c6ccccc6c6ccccc6c5n4)c3)=CC2)C(C)C=C1c1cccc2c1OC1C=CCCC21. The molecule has 3 nitrogen and oxygen atoms in total. The Morgan fingerprint density at radius 1 is 0.765 bits per heavy atom. The van der Waals surface area contributed by atoms with Gasteiger partial charge in [-0.05, 0) is 89.1 Å². The van der Waals surface area contributed by atoms with Crippen LogP contribution in [0.5, 0.6) is 5.75 Å². The van der Waals surface area contributed by atoms with Crippen molar-refractivity contribution in [2.45, 2.75) is 45.1 Å². The quantitative estimate of drug-likeness (QED) is 0.139. The lowest BCUT2D eigenvalue weighted by molar-refractivity contribution is 0.243. The minimum Gasteiger partial charge on any atom is -0.485 e. The Morgan fingerprint density at radius 3 is 2.33 bits per heavy atom. The highest BCUT2D eigenvalue weighted by Crippen LogP contribution is 2.49. The Balaban J connectivity index is 0.905. The summed E-state index contributed by atoms with van der Waals surface area (Å²) in [6.07, 6.45) is 22.2. The molecule has 10 rings (SSSR count). The predicted molar refractivity (Wildman–Crippen MR) is 212 cm³/mol. The Labute approximate surface area is 299 Å². The van der Waals surface area contributed by atoms with Gasteiger partial charge in [0.2, 0.25) is 0 Å². The molecule has 0 fully saturated rings. The maximum absolute atomic E-state index is 6.58. The second-order valence-corrected chi connectivity index (χ2v) is 14.8. The summed E-state index contributed by atoms with van der Waals surface area (Å²) >= 11 is 0. The van der Waals surface area contributed by atoms with E-state index in [1.807, 2.05) is 6.20 Å². The van der Waals surface area contributed by atoms with Gasteiger partial charge in [0.15, 0.2) is 0 Å². The zero-order chi connectivity index (χ0) is 34.1. The first-order chi connectivity index (χ1) is 25.1. The first-order valence-electron chi connectivity index (χ1n) is 18.5. The van der Waals surface area contributed by atoms with Crippen molar-refractivity contribution < 1.29 is 4.74 Å². The molecule has 2 heterocycles. The number of ether oxygens (including phenoxy) is 1. The molecule has 0 spiro atoms. The van der Waals surface area contributed by atoms with Gasteiger partial charge in [-0.1, -0.05) is 128 Å². The lowest BCUT2D eigenvalue weighted by atomic mass is 9.72. The lowest BCUT2D eigenvalue weighted by Crippen LogP contribution is -2.21. The van der Waals surface area contributed by atoms with Gasteiger partial charge in [0.1, 0.15) is 11.9 Å². The molecule has 0 radical (unpaired) electrons. The van der Waals surface area contributed by atoms with Crippen molar-refractivity contribution in [3.8, 4) is 17.0 Å². The number of fused-ring (bicyclic) bond motifs is 9. The van der Waals surface area contributed by atoms with Crippen molar-refractivity contribution in [1.29, 1.82) is 0 Å². The van der Waals surface area contributed by atoms with Crippen LogP contribution >= 0.6 is 0 Å². The van der Waals surface area contributed by atoms with Crippen LogP contribution in [0, 0.1) is 17.8 Å². The summed E-state index contributed by atoms with van der Waals surface area (Å²) in [5.74, 6) is 2.93. The number of rotatable bonds is 4. The van der Waals surface area contributed by atoms with E-state index in [0.29, 0.717) is 23.7 Å². The maximum Gasteiger partial charge on any atom is 0.131 e. The fraction of sp³-hybridized carbons (Fsp3) is 0.208. The van der Waals surface area contributed by atoms with E-state index in [-0.39, 0.29) is 6.10 Å². The lowest BCUT2D eigenvalue weighted by Gasteiger charge is -2.32. The van der Waals surface area contributed by atoms with Gasteiger partial charge in [-0.2, -0.15) is 0 Å². The number of hydrogen-bond donors (Lipinski definition) is 0. The van der Waals surface area contributed by atoms with Gasteiger partial charge in [-0.15, -0.1) is 0 Å². The molecule has 6 aromatic rings. The fourth-order valence-corrected chi connectivity index (χ4v) is 9.19. The van der Waals surface area contributed by atoms with Crippen LogP contribution in [0.25, 0.3) is 55.0 Å². The first-order valence-corrected chi connectivity index (χ1v) is 18.5. The number of aromatic nitrogens is 2. The number of nitrogens with zero attached hydrogens (tertiary/aromatic N) is 2. The molecule has 0 saturated carbocycles. The normalized spacial score (nSPS) is 23.8. The summed E-state index contributed by atoms with van der Waals surface area (Å²) in [5, 5.41) is 4.71. The average molecular weight is 661 g/mol. The molecule has 0 amide bonds. The summed E-state index contributed by atoms with van der Waals surface area (Å²) in [7, 11) is 0. The monoisotopic (exact) mass is 660 g/mol. The van der Waals surface area contributed by atoms with E-state index in [1.165, 1.54) is 50.6 Å². The molecular formula is C48H40N2O. The van der Waals surface area contributed by atoms with Gasteiger partial charge in [-0.25, -0.2) is 4.98 Å². The number of allylic oxidation sites excluding steroid dienone is 9. The van der Waals surface area contributed by atoms with E-state index in [2.05, 4.69) is 147 Å².